The first-order chi connectivity index (χ1) is 17.8. The van der Waals surface area contributed by atoms with Crippen molar-refractivity contribution in [3.05, 3.63) is 71.1 Å². The molecule has 0 spiro atoms. The number of carbonyl (C=O) groups is 3. The molecule has 1 aliphatic rings. The van der Waals surface area contributed by atoms with Gasteiger partial charge in [0, 0.05) is 37.0 Å². The van der Waals surface area contributed by atoms with Gasteiger partial charge in [-0.05, 0) is 45.6 Å². The second kappa shape index (κ2) is 11.9. The Balaban J connectivity index is 1.44. The lowest BCUT2D eigenvalue weighted by molar-refractivity contribution is -0.137. The van der Waals surface area contributed by atoms with Crippen molar-refractivity contribution in [3.63, 3.8) is 0 Å². The van der Waals surface area contributed by atoms with Crippen molar-refractivity contribution in [2.24, 2.45) is 0 Å². The lowest BCUT2D eigenvalue weighted by atomic mass is 10.0. The minimum absolute atomic E-state index is 0.0544. The number of rotatable bonds is 9. The van der Waals surface area contributed by atoms with Crippen LogP contribution in [0.25, 0.3) is 0 Å². The van der Waals surface area contributed by atoms with Gasteiger partial charge in [-0.15, -0.1) is 0 Å². The number of imidazole rings is 1. The van der Waals surface area contributed by atoms with Crippen molar-refractivity contribution < 1.29 is 18.9 Å². The number of benzene rings is 1. The molecule has 1 fully saturated rings. The highest BCUT2D eigenvalue weighted by Gasteiger charge is 2.31. The molecule has 3 amide bonds. The van der Waals surface area contributed by atoms with Crippen molar-refractivity contribution in [1.29, 1.82) is 0 Å². The number of piperidine rings is 1. The van der Waals surface area contributed by atoms with Gasteiger partial charge in [0.1, 0.15) is 17.6 Å². The molecule has 10 nitrogen and oxygen atoms in total. The maximum atomic E-state index is 13.3. The SMILES string of the molecule is Cc1cc(C(=O)N[C@@H](CC(=O)N2CCCC[C@@H]2C)C(=O)N[C@@H](C)c2ncc(Cc3ccccc3)[nH]2)no1. The summed E-state index contributed by atoms with van der Waals surface area (Å²) in [5, 5.41) is 9.29. The summed E-state index contributed by atoms with van der Waals surface area (Å²) in [6.07, 6.45) is 5.21. The Morgan fingerprint density at radius 3 is 2.68 bits per heavy atom. The lowest BCUT2D eigenvalue weighted by Crippen LogP contribution is -2.51. The van der Waals surface area contributed by atoms with E-state index in [0.717, 1.165) is 30.5 Å². The minimum atomic E-state index is -1.08. The van der Waals surface area contributed by atoms with Crippen LogP contribution in [0.1, 0.15) is 78.9 Å². The number of hydrogen-bond donors (Lipinski definition) is 3. The maximum Gasteiger partial charge on any atom is 0.274 e. The van der Waals surface area contributed by atoms with E-state index in [1.165, 1.54) is 6.07 Å². The molecule has 196 valence electrons. The first kappa shape index (κ1) is 26.1. The average molecular weight is 507 g/mol. The number of aromatic nitrogens is 3. The van der Waals surface area contributed by atoms with Gasteiger partial charge < -0.3 is 25.0 Å². The third kappa shape index (κ3) is 6.84. The molecular formula is C27H34N6O4. The van der Waals surface area contributed by atoms with E-state index in [-0.39, 0.29) is 24.1 Å². The molecule has 10 heteroatoms. The van der Waals surface area contributed by atoms with Gasteiger partial charge in [0.25, 0.3) is 5.91 Å². The van der Waals surface area contributed by atoms with Crippen LogP contribution in [0.15, 0.2) is 47.1 Å². The highest BCUT2D eigenvalue weighted by Crippen LogP contribution is 2.18. The van der Waals surface area contributed by atoms with Gasteiger partial charge in [0.05, 0.1) is 12.5 Å². The predicted octanol–water partition coefficient (Wildman–Crippen LogP) is 3.06. The fourth-order valence-electron chi connectivity index (χ4n) is 4.56. The molecule has 3 heterocycles. The lowest BCUT2D eigenvalue weighted by Gasteiger charge is -2.34. The van der Waals surface area contributed by atoms with Crippen LogP contribution in [0.2, 0.25) is 0 Å². The maximum absolute atomic E-state index is 13.3. The first-order valence-electron chi connectivity index (χ1n) is 12.7. The normalized spacial score (nSPS) is 17.2. The van der Waals surface area contributed by atoms with Gasteiger partial charge in [0.2, 0.25) is 11.8 Å². The van der Waals surface area contributed by atoms with Gasteiger partial charge in [-0.1, -0.05) is 35.5 Å². The summed E-state index contributed by atoms with van der Waals surface area (Å²) in [7, 11) is 0. The summed E-state index contributed by atoms with van der Waals surface area (Å²) in [6, 6.07) is 10.1. The van der Waals surface area contributed by atoms with Crippen LogP contribution in [0.3, 0.4) is 0 Å². The molecule has 0 bridgehead atoms. The number of aromatic amines is 1. The number of nitrogens with one attached hydrogen (secondary N) is 3. The Kier molecular flexibility index (Phi) is 8.37. The van der Waals surface area contributed by atoms with Crippen molar-refractivity contribution in [1.82, 2.24) is 30.7 Å². The van der Waals surface area contributed by atoms with E-state index in [1.807, 2.05) is 37.3 Å². The Labute approximate surface area is 216 Å². The van der Waals surface area contributed by atoms with Crippen LogP contribution in [0, 0.1) is 6.92 Å². The fourth-order valence-corrected chi connectivity index (χ4v) is 4.56. The van der Waals surface area contributed by atoms with E-state index in [9.17, 15) is 14.4 Å². The molecule has 0 aliphatic carbocycles. The molecule has 3 N–H and O–H groups in total. The van der Waals surface area contributed by atoms with Crippen LogP contribution in [0.5, 0.6) is 0 Å². The van der Waals surface area contributed by atoms with E-state index in [1.54, 1.807) is 24.9 Å². The summed E-state index contributed by atoms with van der Waals surface area (Å²) < 4.78 is 4.99. The monoisotopic (exact) mass is 506 g/mol. The van der Waals surface area contributed by atoms with E-state index in [4.69, 9.17) is 4.52 Å². The molecule has 2 aromatic heterocycles. The molecule has 0 unspecified atom stereocenters. The number of likely N-dealkylation sites (tertiary alicyclic amines) is 1. The third-order valence-electron chi connectivity index (χ3n) is 6.64. The Morgan fingerprint density at radius 1 is 1.19 bits per heavy atom. The standard InChI is InChI=1S/C27H34N6O4/c1-17-9-7-8-12-33(17)24(34)15-22(31-27(36)23-13-18(2)37-32-23)26(35)29-19(3)25-28-16-21(30-25)14-20-10-5-4-6-11-20/h4-6,10-11,13,16-17,19,22H,7-9,12,14-15H2,1-3H3,(H,28,30)(H,29,35)(H,31,36)/t17-,19-,22-/m0/s1. The van der Waals surface area contributed by atoms with Gasteiger partial charge >= 0.3 is 0 Å². The summed E-state index contributed by atoms with van der Waals surface area (Å²) in [4.78, 5) is 48.7. The average Bonchev–Trinajstić information content (AvgIpc) is 3.53. The zero-order valence-corrected chi connectivity index (χ0v) is 21.5. The van der Waals surface area contributed by atoms with Crippen molar-refractivity contribution >= 4 is 17.7 Å². The molecule has 1 saturated heterocycles. The number of amides is 3. The number of hydrogen-bond acceptors (Lipinski definition) is 6. The zero-order valence-electron chi connectivity index (χ0n) is 21.5. The van der Waals surface area contributed by atoms with Crippen LogP contribution in [-0.2, 0) is 16.0 Å². The second-order valence-electron chi connectivity index (χ2n) is 9.67. The summed E-state index contributed by atoms with van der Waals surface area (Å²) >= 11 is 0. The summed E-state index contributed by atoms with van der Waals surface area (Å²) in [5.41, 5.74) is 2.12. The molecule has 0 saturated carbocycles. The van der Waals surface area contributed by atoms with Crippen LogP contribution in [-0.4, -0.2) is 56.4 Å². The van der Waals surface area contributed by atoms with E-state index >= 15 is 0 Å². The quantitative estimate of drug-likeness (QED) is 0.409. The molecule has 1 aromatic carbocycles. The van der Waals surface area contributed by atoms with Gasteiger partial charge in [-0.2, -0.15) is 0 Å². The first-order valence-corrected chi connectivity index (χ1v) is 12.7. The Hall–Kier alpha value is -3.95. The van der Waals surface area contributed by atoms with Gasteiger partial charge in [-0.25, -0.2) is 4.98 Å². The van der Waals surface area contributed by atoms with E-state index < -0.39 is 23.9 Å². The molecule has 3 atom stereocenters. The molecule has 4 rings (SSSR count). The topological polar surface area (TPSA) is 133 Å². The van der Waals surface area contributed by atoms with Crippen molar-refractivity contribution in [3.8, 4) is 0 Å². The van der Waals surface area contributed by atoms with Gasteiger partial charge in [0.15, 0.2) is 5.69 Å². The summed E-state index contributed by atoms with van der Waals surface area (Å²) in [5.74, 6) is -0.151. The molecule has 0 radical (unpaired) electrons. The molecule has 1 aliphatic heterocycles. The molecule has 3 aromatic rings. The molecule has 37 heavy (non-hydrogen) atoms. The van der Waals surface area contributed by atoms with Crippen molar-refractivity contribution in [2.45, 2.75) is 71.0 Å². The van der Waals surface area contributed by atoms with E-state index in [2.05, 4.69) is 25.8 Å². The highest BCUT2D eigenvalue weighted by atomic mass is 16.5. The summed E-state index contributed by atoms with van der Waals surface area (Å²) in [6.45, 7) is 6.14. The van der Waals surface area contributed by atoms with Gasteiger partial charge in [-0.3, -0.25) is 14.4 Å². The second-order valence-corrected chi connectivity index (χ2v) is 9.67. The number of carbonyl (C=O) groups excluding carboxylic acids is 3. The fraction of sp³-hybridized carbons (Fsp3) is 0.444. The Morgan fingerprint density at radius 2 is 1.97 bits per heavy atom. The highest BCUT2D eigenvalue weighted by molar-refractivity contribution is 5.97. The number of aryl methyl sites for hydroxylation is 1. The smallest absolute Gasteiger partial charge is 0.274 e. The zero-order chi connectivity index (χ0) is 26.4. The molecular weight excluding hydrogens is 472 g/mol. The van der Waals surface area contributed by atoms with Crippen molar-refractivity contribution in [2.75, 3.05) is 6.54 Å². The largest absolute Gasteiger partial charge is 0.361 e. The minimum Gasteiger partial charge on any atom is -0.361 e. The van der Waals surface area contributed by atoms with Crippen LogP contribution < -0.4 is 10.6 Å². The Bertz CT molecular complexity index is 1220. The predicted molar refractivity (Wildman–Crippen MR) is 137 cm³/mol. The van der Waals surface area contributed by atoms with Crippen LogP contribution >= 0.6 is 0 Å². The number of H-pyrrole nitrogens is 1. The third-order valence-corrected chi connectivity index (χ3v) is 6.64. The van der Waals surface area contributed by atoms with E-state index in [0.29, 0.717) is 24.6 Å². The van der Waals surface area contributed by atoms with Crippen LogP contribution in [0.4, 0.5) is 0 Å². The number of nitrogens with zero attached hydrogens (tertiary/aromatic N) is 3.